The van der Waals surface area contributed by atoms with Gasteiger partial charge in [0.25, 0.3) is 0 Å². The fraction of sp³-hybridized carbons (Fsp3) is 0.241. The quantitative estimate of drug-likeness (QED) is 0.278. The minimum Gasteiger partial charge on any atom is -0.495 e. The summed E-state index contributed by atoms with van der Waals surface area (Å²) in [6.07, 6.45) is 1.53. The van der Waals surface area contributed by atoms with Crippen LogP contribution in [0.5, 0.6) is 5.75 Å². The van der Waals surface area contributed by atoms with Crippen molar-refractivity contribution in [2.45, 2.75) is 29.5 Å². The lowest BCUT2D eigenvalue weighted by atomic mass is 9.75. The molecular formula is C29H26N6O5S2. The van der Waals surface area contributed by atoms with Crippen LogP contribution in [0.4, 0.5) is 10.8 Å². The molecule has 13 heteroatoms. The van der Waals surface area contributed by atoms with Crippen LogP contribution in [0.2, 0.25) is 0 Å². The smallest absolute Gasteiger partial charge is 0.337 e. The lowest BCUT2D eigenvalue weighted by Gasteiger charge is -2.38. The second-order valence-electron chi connectivity index (χ2n) is 9.32. The van der Waals surface area contributed by atoms with E-state index in [1.54, 1.807) is 47.4 Å². The number of nitrogens with two attached hydrogens (primary N) is 1. The highest BCUT2D eigenvalue weighted by Gasteiger charge is 2.41. The third kappa shape index (κ3) is 5.59. The fourth-order valence-corrected chi connectivity index (χ4v) is 6.66. The monoisotopic (exact) mass is 602 g/mol. The Hall–Kier alpha value is -4.67. The maximum Gasteiger partial charge on any atom is 0.337 e. The highest BCUT2D eigenvalue weighted by atomic mass is 32.2. The van der Waals surface area contributed by atoms with Crippen molar-refractivity contribution < 1.29 is 23.9 Å². The minimum absolute atomic E-state index is 0.0735. The summed E-state index contributed by atoms with van der Waals surface area (Å²) in [6.45, 7) is 0. The Bertz CT molecular complexity index is 1660. The minimum atomic E-state index is -0.679. The van der Waals surface area contributed by atoms with Crippen molar-refractivity contribution in [3.05, 3.63) is 82.3 Å². The van der Waals surface area contributed by atoms with E-state index in [9.17, 15) is 19.6 Å². The molecule has 1 aromatic heterocycles. The number of benzene rings is 2. The Morgan fingerprint density at radius 1 is 1.17 bits per heavy atom. The van der Waals surface area contributed by atoms with Gasteiger partial charge in [0.2, 0.25) is 11.0 Å². The normalized spacial score (nSPS) is 16.5. The molecule has 42 heavy (non-hydrogen) atoms. The van der Waals surface area contributed by atoms with Crippen LogP contribution in [-0.4, -0.2) is 47.8 Å². The number of esters is 1. The van der Waals surface area contributed by atoms with Crippen molar-refractivity contribution in [2.24, 2.45) is 5.73 Å². The Kier molecular flexibility index (Phi) is 8.56. The van der Waals surface area contributed by atoms with Gasteiger partial charge in [-0.2, -0.15) is 5.26 Å². The first-order chi connectivity index (χ1) is 20.4. The lowest BCUT2D eigenvalue weighted by Crippen LogP contribution is -2.38. The SMILES string of the molecule is COC(=O)c1ccc(C2C(C#N)=C(N)N(c3nnc(SCC(=O)Nc4ccccc4OC)s3)C3=C2C(=O)CCC3)cc1. The van der Waals surface area contributed by atoms with Gasteiger partial charge in [-0.15, -0.1) is 10.2 Å². The van der Waals surface area contributed by atoms with Gasteiger partial charge in [-0.3, -0.25) is 14.5 Å². The van der Waals surface area contributed by atoms with Crippen LogP contribution in [0.1, 0.15) is 41.1 Å². The average molecular weight is 603 g/mol. The molecule has 0 spiro atoms. The molecule has 2 aliphatic rings. The maximum atomic E-state index is 13.3. The van der Waals surface area contributed by atoms with Gasteiger partial charge in [-0.1, -0.05) is 47.4 Å². The topological polar surface area (TPSA) is 161 Å². The highest BCUT2D eigenvalue weighted by Crippen LogP contribution is 2.47. The van der Waals surface area contributed by atoms with E-state index >= 15 is 0 Å². The summed E-state index contributed by atoms with van der Waals surface area (Å²) in [5.41, 5.74) is 9.56. The molecule has 1 unspecified atom stereocenters. The number of nitriles is 1. The number of nitrogens with one attached hydrogen (secondary N) is 1. The second-order valence-corrected chi connectivity index (χ2v) is 11.5. The van der Waals surface area contributed by atoms with Crippen LogP contribution in [-0.2, 0) is 14.3 Å². The third-order valence-corrected chi connectivity index (χ3v) is 8.92. The van der Waals surface area contributed by atoms with E-state index in [-0.39, 0.29) is 28.8 Å². The zero-order valence-electron chi connectivity index (χ0n) is 22.7. The van der Waals surface area contributed by atoms with E-state index in [0.717, 1.165) is 0 Å². The van der Waals surface area contributed by atoms with Crippen LogP contribution in [0.15, 0.2) is 75.5 Å². The van der Waals surface area contributed by atoms with Crippen LogP contribution in [0.25, 0.3) is 0 Å². The molecule has 5 rings (SSSR count). The van der Waals surface area contributed by atoms with Gasteiger partial charge < -0.3 is 20.5 Å². The number of carbonyl (C=O) groups is 3. The first kappa shape index (κ1) is 28.8. The van der Waals surface area contributed by atoms with Crippen molar-refractivity contribution >= 4 is 51.6 Å². The number of ether oxygens (including phenoxy) is 2. The molecule has 1 aliphatic carbocycles. The summed E-state index contributed by atoms with van der Waals surface area (Å²) in [6, 6.07) is 15.9. The number of aromatic nitrogens is 2. The number of hydrogen-bond acceptors (Lipinski definition) is 12. The summed E-state index contributed by atoms with van der Waals surface area (Å²) < 4.78 is 10.6. The van der Waals surface area contributed by atoms with E-state index in [2.05, 4.69) is 21.6 Å². The van der Waals surface area contributed by atoms with Gasteiger partial charge in [0.1, 0.15) is 11.6 Å². The van der Waals surface area contributed by atoms with Gasteiger partial charge in [-0.05, 0) is 42.7 Å². The van der Waals surface area contributed by atoms with Crippen LogP contribution in [0, 0.1) is 11.3 Å². The van der Waals surface area contributed by atoms with E-state index in [0.29, 0.717) is 62.6 Å². The number of rotatable bonds is 8. The molecule has 11 nitrogen and oxygen atoms in total. The summed E-state index contributed by atoms with van der Waals surface area (Å²) in [5.74, 6) is -0.681. The van der Waals surface area contributed by atoms with Crippen molar-refractivity contribution in [3.8, 4) is 11.8 Å². The molecule has 0 saturated carbocycles. The molecule has 0 radical (unpaired) electrons. The number of allylic oxidation sites excluding steroid dienone is 3. The standard InChI is InChI=1S/C29H26N6O5S2/c1-39-22-9-4-3-6-19(22)32-23(37)15-41-29-34-33-28(42-29)35-20-7-5-8-21(36)25(20)24(18(14-30)26(35)31)16-10-12-17(13-11-16)27(38)40-2/h3-4,6,9-13,24H,5,7-8,15,31H2,1-2H3,(H,32,37). The number of ketones is 1. The van der Waals surface area contributed by atoms with Crippen LogP contribution < -0.4 is 20.7 Å². The second kappa shape index (κ2) is 12.5. The van der Waals surface area contributed by atoms with E-state index in [1.165, 1.54) is 37.3 Å². The average Bonchev–Trinajstić information content (AvgIpc) is 3.48. The van der Waals surface area contributed by atoms with E-state index in [1.807, 2.05) is 6.07 Å². The number of carbonyl (C=O) groups excluding carboxylic acids is 3. The number of methoxy groups -OCH3 is 2. The first-order valence-electron chi connectivity index (χ1n) is 12.9. The summed E-state index contributed by atoms with van der Waals surface area (Å²) in [5, 5.41) is 22.0. The number of nitrogens with zero attached hydrogens (tertiary/aromatic N) is 4. The predicted molar refractivity (Wildman–Crippen MR) is 158 cm³/mol. The molecule has 214 valence electrons. The molecule has 3 aromatic rings. The van der Waals surface area contributed by atoms with Gasteiger partial charge in [0.05, 0.1) is 48.8 Å². The number of hydrogen-bond donors (Lipinski definition) is 2. The van der Waals surface area contributed by atoms with Crippen molar-refractivity contribution in [1.29, 1.82) is 5.26 Å². The summed E-state index contributed by atoms with van der Waals surface area (Å²) >= 11 is 2.42. The first-order valence-corrected chi connectivity index (χ1v) is 14.7. The molecule has 0 saturated heterocycles. The number of Topliss-reactive ketones (excluding diaryl/α,β-unsaturated/α-hetero) is 1. The van der Waals surface area contributed by atoms with Gasteiger partial charge >= 0.3 is 5.97 Å². The summed E-state index contributed by atoms with van der Waals surface area (Å²) in [4.78, 5) is 39.5. The van der Waals surface area contributed by atoms with E-state index < -0.39 is 11.9 Å². The number of anilines is 2. The van der Waals surface area contributed by atoms with Crippen molar-refractivity contribution in [2.75, 3.05) is 30.2 Å². The largest absolute Gasteiger partial charge is 0.495 e. The molecular weight excluding hydrogens is 576 g/mol. The molecule has 0 fully saturated rings. The lowest BCUT2D eigenvalue weighted by molar-refractivity contribution is -0.116. The Morgan fingerprint density at radius 3 is 2.64 bits per heavy atom. The third-order valence-electron chi connectivity index (χ3n) is 6.87. The molecule has 2 aromatic carbocycles. The molecule has 1 aliphatic heterocycles. The van der Waals surface area contributed by atoms with E-state index in [4.69, 9.17) is 15.2 Å². The molecule has 2 heterocycles. The van der Waals surface area contributed by atoms with Crippen LogP contribution in [0.3, 0.4) is 0 Å². The van der Waals surface area contributed by atoms with Gasteiger partial charge in [0, 0.05) is 17.7 Å². The Labute approximate surface area is 250 Å². The zero-order chi connectivity index (χ0) is 29.8. The van der Waals surface area contributed by atoms with Crippen molar-refractivity contribution in [3.63, 3.8) is 0 Å². The Morgan fingerprint density at radius 2 is 1.93 bits per heavy atom. The fourth-order valence-electron chi connectivity index (χ4n) is 4.98. The van der Waals surface area contributed by atoms with Gasteiger partial charge in [0.15, 0.2) is 10.1 Å². The zero-order valence-corrected chi connectivity index (χ0v) is 24.4. The maximum absolute atomic E-state index is 13.3. The predicted octanol–water partition coefficient (Wildman–Crippen LogP) is 4.37. The van der Waals surface area contributed by atoms with Crippen LogP contribution >= 0.6 is 23.1 Å². The highest BCUT2D eigenvalue weighted by molar-refractivity contribution is 8.01. The molecule has 1 amide bonds. The molecule has 3 N–H and O–H groups in total. The molecule has 1 atom stereocenters. The number of para-hydroxylation sites is 2. The molecule has 0 bridgehead atoms. The van der Waals surface area contributed by atoms with Gasteiger partial charge in [-0.25, -0.2) is 4.79 Å². The van der Waals surface area contributed by atoms with Crippen molar-refractivity contribution in [1.82, 2.24) is 10.2 Å². The summed E-state index contributed by atoms with van der Waals surface area (Å²) in [7, 11) is 2.83. The Balaban J connectivity index is 1.41. The number of amides is 1. The number of thioether (sulfide) groups is 1.